The summed E-state index contributed by atoms with van der Waals surface area (Å²) in [6.07, 6.45) is 0.862. The highest BCUT2D eigenvalue weighted by Crippen LogP contribution is 2.21. The molecule has 0 aromatic heterocycles. The van der Waals surface area contributed by atoms with Gasteiger partial charge in [-0.3, -0.25) is 0 Å². The second-order valence-electron chi connectivity index (χ2n) is 3.99. The zero-order valence-corrected chi connectivity index (χ0v) is 9.61. The van der Waals surface area contributed by atoms with Gasteiger partial charge >= 0.3 is 5.97 Å². The number of carbonyl (C=O) groups excluding carboxylic acids is 1. The van der Waals surface area contributed by atoms with Crippen molar-refractivity contribution in [3.63, 3.8) is 0 Å². The summed E-state index contributed by atoms with van der Waals surface area (Å²) in [5.74, 6) is -0.456. The van der Waals surface area contributed by atoms with Crippen LogP contribution in [0.3, 0.4) is 0 Å². The molecule has 0 fully saturated rings. The maximum Gasteiger partial charge on any atom is 0.333 e. The first-order valence-electron chi connectivity index (χ1n) is 5.16. The van der Waals surface area contributed by atoms with Crippen LogP contribution in [0.2, 0.25) is 0 Å². The Bertz CT molecular complexity index is 224. The number of rotatable bonds is 8. The summed E-state index contributed by atoms with van der Waals surface area (Å²) in [6, 6.07) is 0. The van der Waals surface area contributed by atoms with Crippen LogP contribution in [0.25, 0.3) is 0 Å². The van der Waals surface area contributed by atoms with E-state index in [0.717, 1.165) is 0 Å². The summed E-state index contributed by atoms with van der Waals surface area (Å²) < 4.78 is 4.85. The third kappa shape index (κ3) is 4.74. The Kier molecular flexibility index (Phi) is 6.96. The minimum absolute atomic E-state index is 0.188. The molecule has 5 heteroatoms. The summed E-state index contributed by atoms with van der Waals surface area (Å²) in [7, 11) is 0. The molecule has 0 unspecified atom stereocenters. The van der Waals surface area contributed by atoms with E-state index in [1.807, 2.05) is 0 Å². The molecule has 0 atom stereocenters. The van der Waals surface area contributed by atoms with Crippen molar-refractivity contribution in [1.82, 2.24) is 0 Å². The molecule has 16 heavy (non-hydrogen) atoms. The first-order valence-corrected chi connectivity index (χ1v) is 5.16. The number of ether oxygens (including phenoxy) is 1. The van der Waals surface area contributed by atoms with Crippen molar-refractivity contribution < 1.29 is 24.9 Å². The third-order valence-corrected chi connectivity index (χ3v) is 2.44. The number of aliphatic hydroxyl groups excluding tert-OH is 3. The summed E-state index contributed by atoms with van der Waals surface area (Å²) >= 11 is 0. The Morgan fingerprint density at radius 2 is 1.75 bits per heavy atom. The molecule has 0 bridgehead atoms. The van der Waals surface area contributed by atoms with Crippen molar-refractivity contribution in [1.29, 1.82) is 0 Å². The highest BCUT2D eigenvalue weighted by molar-refractivity contribution is 5.86. The van der Waals surface area contributed by atoms with Gasteiger partial charge in [0.2, 0.25) is 0 Å². The molecule has 0 amide bonds. The van der Waals surface area contributed by atoms with Crippen LogP contribution in [0.15, 0.2) is 12.2 Å². The average molecular weight is 232 g/mol. The maximum absolute atomic E-state index is 11.0. The quantitative estimate of drug-likeness (QED) is 0.308. The van der Waals surface area contributed by atoms with Gasteiger partial charge in [0, 0.05) is 11.0 Å². The van der Waals surface area contributed by atoms with Gasteiger partial charge in [0.05, 0.1) is 26.4 Å². The summed E-state index contributed by atoms with van der Waals surface area (Å²) in [6.45, 7) is 4.29. The first kappa shape index (κ1) is 15.1. The highest BCUT2D eigenvalue weighted by Gasteiger charge is 2.27. The molecule has 3 N–H and O–H groups in total. The Morgan fingerprint density at radius 3 is 2.12 bits per heavy atom. The van der Waals surface area contributed by atoms with Crippen LogP contribution in [0.1, 0.15) is 19.8 Å². The van der Waals surface area contributed by atoms with E-state index in [-0.39, 0.29) is 26.4 Å². The number of carbonyl (C=O) groups is 1. The minimum Gasteiger partial charge on any atom is -0.462 e. The van der Waals surface area contributed by atoms with E-state index in [1.165, 1.54) is 0 Å². The molecule has 0 rings (SSSR count). The SMILES string of the molecule is C=C(C)C(=O)OCCCC(CO)(CO)CO. The number of aliphatic hydroxyl groups is 3. The minimum atomic E-state index is -0.893. The van der Waals surface area contributed by atoms with E-state index in [1.54, 1.807) is 6.92 Å². The predicted molar refractivity (Wildman–Crippen MR) is 58.7 cm³/mol. The fraction of sp³-hybridized carbons (Fsp3) is 0.727. The lowest BCUT2D eigenvalue weighted by Gasteiger charge is -2.26. The van der Waals surface area contributed by atoms with Crippen molar-refractivity contribution >= 4 is 5.97 Å². The predicted octanol–water partition coefficient (Wildman–Crippen LogP) is -0.151. The summed E-state index contributed by atoms with van der Waals surface area (Å²) in [5.41, 5.74) is -0.562. The lowest BCUT2D eigenvalue weighted by molar-refractivity contribution is -0.139. The van der Waals surface area contributed by atoms with E-state index < -0.39 is 11.4 Å². The van der Waals surface area contributed by atoms with Crippen LogP contribution < -0.4 is 0 Å². The monoisotopic (exact) mass is 232 g/mol. The molecular weight excluding hydrogens is 212 g/mol. The Morgan fingerprint density at radius 1 is 1.25 bits per heavy atom. The van der Waals surface area contributed by atoms with Crippen molar-refractivity contribution in [2.45, 2.75) is 19.8 Å². The normalized spacial score (nSPS) is 11.2. The van der Waals surface area contributed by atoms with Gasteiger partial charge in [0.15, 0.2) is 0 Å². The largest absolute Gasteiger partial charge is 0.462 e. The Labute approximate surface area is 95.4 Å². The molecule has 94 valence electrons. The molecule has 0 saturated carbocycles. The lowest BCUT2D eigenvalue weighted by Crippen LogP contribution is -2.34. The molecule has 0 heterocycles. The van der Waals surface area contributed by atoms with Gasteiger partial charge in [-0.25, -0.2) is 4.79 Å². The van der Waals surface area contributed by atoms with E-state index in [2.05, 4.69) is 6.58 Å². The zero-order valence-electron chi connectivity index (χ0n) is 9.61. The van der Waals surface area contributed by atoms with Gasteiger partial charge < -0.3 is 20.1 Å². The van der Waals surface area contributed by atoms with Gasteiger partial charge in [-0.1, -0.05) is 6.58 Å². The number of hydrogen-bond donors (Lipinski definition) is 3. The zero-order chi connectivity index (χ0) is 12.6. The molecule has 5 nitrogen and oxygen atoms in total. The molecule has 0 spiro atoms. The third-order valence-electron chi connectivity index (χ3n) is 2.44. The van der Waals surface area contributed by atoms with Crippen LogP contribution in [0, 0.1) is 5.41 Å². The smallest absolute Gasteiger partial charge is 0.333 e. The van der Waals surface area contributed by atoms with E-state index in [4.69, 9.17) is 20.1 Å². The van der Waals surface area contributed by atoms with Crippen molar-refractivity contribution in [3.8, 4) is 0 Å². The molecule has 0 radical (unpaired) electrons. The molecule has 0 saturated heterocycles. The van der Waals surface area contributed by atoms with E-state index in [0.29, 0.717) is 18.4 Å². The number of hydrogen-bond acceptors (Lipinski definition) is 5. The van der Waals surface area contributed by atoms with Gasteiger partial charge in [0.1, 0.15) is 0 Å². The second kappa shape index (κ2) is 7.38. The van der Waals surface area contributed by atoms with Crippen molar-refractivity contribution in [2.24, 2.45) is 5.41 Å². The van der Waals surface area contributed by atoms with Crippen LogP contribution in [-0.4, -0.2) is 47.7 Å². The van der Waals surface area contributed by atoms with E-state index >= 15 is 0 Å². The fourth-order valence-corrected chi connectivity index (χ4v) is 1.12. The van der Waals surface area contributed by atoms with Crippen LogP contribution in [0.5, 0.6) is 0 Å². The van der Waals surface area contributed by atoms with Crippen molar-refractivity contribution in [2.75, 3.05) is 26.4 Å². The van der Waals surface area contributed by atoms with E-state index in [9.17, 15) is 4.79 Å². The Hall–Kier alpha value is -0.910. The first-order chi connectivity index (χ1) is 7.51. The fourth-order valence-electron chi connectivity index (χ4n) is 1.12. The van der Waals surface area contributed by atoms with Crippen LogP contribution in [0.4, 0.5) is 0 Å². The van der Waals surface area contributed by atoms with Gasteiger partial charge in [-0.05, 0) is 19.8 Å². The lowest BCUT2D eigenvalue weighted by atomic mass is 9.86. The molecule has 0 aliphatic heterocycles. The highest BCUT2D eigenvalue weighted by atomic mass is 16.5. The van der Waals surface area contributed by atoms with Gasteiger partial charge in [-0.2, -0.15) is 0 Å². The van der Waals surface area contributed by atoms with Gasteiger partial charge in [-0.15, -0.1) is 0 Å². The number of esters is 1. The summed E-state index contributed by atoms with van der Waals surface area (Å²) in [5, 5.41) is 27.1. The summed E-state index contributed by atoms with van der Waals surface area (Å²) in [4.78, 5) is 11.0. The topological polar surface area (TPSA) is 87.0 Å². The van der Waals surface area contributed by atoms with Crippen molar-refractivity contribution in [3.05, 3.63) is 12.2 Å². The van der Waals surface area contributed by atoms with Crippen LogP contribution in [-0.2, 0) is 9.53 Å². The molecular formula is C11H20O5. The average Bonchev–Trinajstić information content (AvgIpc) is 2.30. The maximum atomic E-state index is 11.0. The Balaban J connectivity index is 3.88. The van der Waals surface area contributed by atoms with Gasteiger partial charge in [0.25, 0.3) is 0 Å². The molecule has 0 aliphatic rings. The molecule has 0 aromatic carbocycles. The standard InChI is InChI=1S/C11H20O5/c1-9(2)10(15)16-5-3-4-11(6-12,7-13)8-14/h12-14H,1,3-8H2,2H3. The molecule has 0 aromatic rings. The molecule has 0 aliphatic carbocycles. The second-order valence-corrected chi connectivity index (χ2v) is 3.99. The van der Waals surface area contributed by atoms with Crippen LogP contribution >= 0.6 is 0 Å².